The molecule has 20 heavy (non-hydrogen) atoms. The Morgan fingerprint density at radius 3 is 2.65 bits per heavy atom. The van der Waals surface area contributed by atoms with Gasteiger partial charge in [0.1, 0.15) is 0 Å². The second-order valence-electron chi connectivity index (χ2n) is 4.54. The molecule has 106 valence electrons. The monoisotopic (exact) mass is 273 g/mol. The Morgan fingerprint density at radius 1 is 1.20 bits per heavy atom. The molecule has 0 saturated heterocycles. The molecule has 2 aromatic rings. The first-order valence-electron chi connectivity index (χ1n) is 6.62. The van der Waals surface area contributed by atoms with Crippen molar-refractivity contribution in [2.45, 2.75) is 26.4 Å². The van der Waals surface area contributed by atoms with E-state index in [0.29, 0.717) is 17.4 Å². The fourth-order valence-electron chi connectivity index (χ4n) is 1.87. The van der Waals surface area contributed by atoms with E-state index in [2.05, 4.69) is 11.9 Å². The maximum atomic E-state index is 9.58. The van der Waals surface area contributed by atoms with Gasteiger partial charge in [-0.2, -0.15) is 0 Å². The van der Waals surface area contributed by atoms with Gasteiger partial charge in [0.05, 0.1) is 13.2 Å². The summed E-state index contributed by atoms with van der Waals surface area (Å²) in [5, 5.41) is 9.58. The molecular weight excluding hydrogens is 254 g/mol. The molecule has 0 spiro atoms. The zero-order chi connectivity index (χ0) is 14.5. The van der Waals surface area contributed by atoms with Crippen LogP contribution in [0.5, 0.6) is 17.4 Å². The zero-order valence-corrected chi connectivity index (χ0v) is 12.0. The number of nitrogens with zero attached hydrogens (tertiary/aromatic N) is 1. The number of hydrogen-bond acceptors (Lipinski definition) is 4. The lowest BCUT2D eigenvalue weighted by Crippen LogP contribution is -1.96. The zero-order valence-electron chi connectivity index (χ0n) is 12.0. The lowest BCUT2D eigenvalue weighted by atomic mass is 10.1. The molecule has 4 nitrogen and oxygen atoms in total. The first-order valence-corrected chi connectivity index (χ1v) is 6.62. The van der Waals surface area contributed by atoms with E-state index in [1.165, 1.54) is 5.56 Å². The number of aliphatic hydroxyl groups excluding tert-OH is 1. The molecule has 1 N–H and O–H groups in total. The number of rotatable bonds is 5. The maximum absolute atomic E-state index is 9.58. The highest BCUT2D eigenvalue weighted by Gasteiger charge is 2.09. The standard InChI is InChI=1S/C16H19NO3/c1-4-12-5-6-14(15(9-12)19-3)20-16-10-13(11(2)18)7-8-17-16/h5-11,18H,4H2,1-3H3/t11-/m0/s1. The number of pyridine rings is 1. The SMILES string of the molecule is CCc1ccc(Oc2cc([C@H](C)O)ccn2)c(OC)c1. The normalized spacial score (nSPS) is 12.0. The molecule has 1 atom stereocenters. The smallest absolute Gasteiger partial charge is 0.219 e. The van der Waals surface area contributed by atoms with Gasteiger partial charge in [0, 0.05) is 12.3 Å². The summed E-state index contributed by atoms with van der Waals surface area (Å²) in [6.45, 7) is 3.79. The summed E-state index contributed by atoms with van der Waals surface area (Å²) in [5.41, 5.74) is 1.94. The fourth-order valence-corrected chi connectivity index (χ4v) is 1.87. The van der Waals surface area contributed by atoms with E-state index >= 15 is 0 Å². The molecule has 2 rings (SSSR count). The van der Waals surface area contributed by atoms with Gasteiger partial charge in [-0.3, -0.25) is 0 Å². The van der Waals surface area contributed by atoms with Crippen LogP contribution in [0.4, 0.5) is 0 Å². The summed E-state index contributed by atoms with van der Waals surface area (Å²) in [6, 6.07) is 9.30. The van der Waals surface area contributed by atoms with Gasteiger partial charge in [0.25, 0.3) is 0 Å². The predicted molar refractivity (Wildman–Crippen MR) is 77.3 cm³/mol. The minimum Gasteiger partial charge on any atom is -0.493 e. The summed E-state index contributed by atoms with van der Waals surface area (Å²) < 4.78 is 11.1. The Bertz CT molecular complexity index is 582. The first-order chi connectivity index (χ1) is 9.63. The number of aliphatic hydroxyl groups is 1. The van der Waals surface area contributed by atoms with Crippen LogP contribution < -0.4 is 9.47 Å². The second-order valence-corrected chi connectivity index (χ2v) is 4.54. The van der Waals surface area contributed by atoms with E-state index in [1.807, 2.05) is 18.2 Å². The van der Waals surface area contributed by atoms with E-state index < -0.39 is 6.10 Å². The summed E-state index contributed by atoms with van der Waals surface area (Å²) in [5.74, 6) is 1.72. The Labute approximate surface area is 119 Å². The maximum Gasteiger partial charge on any atom is 0.219 e. The Kier molecular flexibility index (Phi) is 4.58. The summed E-state index contributed by atoms with van der Waals surface area (Å²) in [6.07, 6.45) is 2.00. The Morgan fingerprint density at radius 2 is 2.00 bits per heavy atom. The van der Waals surface area contributed by atoms with Crippen molar-refractivity contribution in [3.8, 4) is 17.4 Å². The molecule has 0 fully saturated rings. The highest BCUT2D eigenvalue weighted by molar-refractivity contribution is 5.44. The quantitative estimate of drug-likeness (QED) is 0.906. The third-order valence-corrected chi connectivity index (χ3v) is 3.09. The Balaban J connectivity index is 2.27. The van der Waals surface area contributed by atoms with Crippen molar-refractivity contribution in [1.82, 2.24) is 4.98 Å². The lowest BCUT2D eigenvalue weighted by Gasteiger charge is -2.12. The van der Waals surface area contributed by atoms with Crippen LogP contribution in [-0.4, -0.2) is 17.2 Å². The van der Waals surface area contributed by atoms with Gasteiger partial charge in [-0.15, -0.1) is 0 Å². The van der Waals surface area contributed by atoms with Crippen molar-refractivity contribution in [2.24, 2.45) is 0 Å². The molecule has 1 aromatic heterocycles. The molecule has 0 aliphatic carbocycles. The molecule has 4 heteroatoms. The average Bonchev–Trinajstić information content (AvgIpc) is 2.48. The van der Waals surface area contributed by atoms with Crippen LogP contribution in [0.25, 0.3) is 0 Å². The van der Waals surface area contributed by atoms with Gasteiger partial charge in [-0.1, -0.05) is 13.0 Å². The third kappa shape index (κ3) is 3.27. The van der Waals surface area contributed by atoms with Crippen molar-refractivity contribution < 1.29 is 14.6 Å². The van der Waals surface area contributed by atoms with Crippen molar-refractivity contribution in [3.63, 3.8) is 0 Å². The summed E-state index contributed by atoms with van der Waals surface area (Å²) in [7, 11) is 1.61. The van der Waals surface area contributed by atoms with Crippen LogP contribution in [0, 0.1) is 0 Å². The number of ether oxygens (including phenoxy) is 2. The van der Waals surface area contributed by atoms with Crippen LogP contribution in [-0.2, 0) is 6.42 Å². The Hall–Kier alpha value is -2.07. The van der Waals surface area contributed by atoms with E-state index in [4.69, 9.17) is 9.47 Å². The fraction of sp³-hybridized carbons (Fsp3) is 0.312. The van der Waals surface area contributed by atoms with Crippen molar-refractivity contribution >= 4 is 0 Å². The van der Waals surface area contributed by atoms with E-state index in [-0.39, 0.29) is 0 Å². The highest BCUT2D eigenvalue weighted by atomic mass is 16.5. The van der Waals surface area contributed by atoms with Crippen LogP contribution in [0.15, 0.2) is 36.5 Å². The van der Waals surface area contributed by atoms with Crippen molar-refractivity contribution in [1.29, 1.82) is 0 Å². The van der Waals surface area contributed by atoms with Gasteiger partial charge >= 0.3 is 0 Å². The van der Waals surface area contributed by atoms with E-state index in [9.17, 15) is 5.11 Å². The number of methoxy groups -OCH3 is 1. The van der Waals surface area contributed by atoms with Gasteiger partial charge in [-0.05, 0) is 42.7 Å². The number of hydrogen-bond donors (Lipinski definition) is 1. The molecule has 1 aromatic carbocycles. The minimum absolute atomic E-state index is 0.436. The van der Waals surface area contributed by atoms with Crippen molar-refractivity contribution in [2.75, 3.05) is 7.11 Å². The van der Waals surface area contributed by atoms with Crippen LogP contribution in [0.2, 0.25) is 0 Å². The molecule has 0 amide bonds. The van der Waals surface area contributed by atoms with Crippen LogP contribution >= 0.6 is 0 Å². The number of aryl methyl sites for hydroxylation is 1. The molecule has 0 saturated carbocycles. The topological polar surface area (TPSA) is 51.6 Å². The summed E-state index contributed by atoms with van der Waals surface area (Å²) >= 11 is 0. The number of benzene rings is 1. The molecule has 0 unspecified atom stereocenters. The molecule has 0 aliphatic rings. The molecule has 0 aliphatic heterocycles. The summed E-state index contributed by atoms with van der Waals surface area (Å²) in [4.78, 5) is 4.15. The predicted octanol–water partition coefficient (Wildman–Crippen LogP) is 3.50. The van der Waals surface area contributed by atoms with Gasteiger partial charge in [-0.25, -0.2) is 4.98 Å². The molecular formula is C16H19NO3. The van der Waals surface area contributed by atoms with Gasteiger partial charge in [0.15, 0.2) is 11.5 Å². The highest BCUT2D eigenvalue weighted by Crippen LogP contribution is 2.32. The van der Waals surface area contributed by atoms with E-state index in [1.54, 1.807) is 32.4 Å². The van der Waals surface area contributed by atoms with Gasteiger partial charge in [0.2, 0.25) is 5.88 Å². The van der Waals surface area contributed by atoms with Gasteiger partial charge < -0.3 is 14.6 Å². The largest absolute Gasteiger partial charge is 0.493 e. The van der Waals surface area contributed by atoms with Crippen LogP contribution in [0.3, 0.4) is 0 Å². The minimum atomic E-state index is -0.551. The first kappa shape index (κ1) is 14.3. The van der Waals surface area contributed by atoms with Crippen LogP contribution in [0.1, 0.15) is 31.1 Å². The van der Waals surface area contributed by atoms with E-state index in [0.717, 1.165) is 12.0 Å². The lowest BCUT2D eigenvalue weighted by molar-refractivity contribution is 0.198. The average molecular weight is 273 g/mol. The third-order valence-electron chi connectivity index (χ3n) is 3.09. The number of aromatic nitrogens is 1. The molecule has 1 heterocycles. The molecule has 0 radical (unpaired) electrons. The molecule has 0 bridgehead atoms. The second kappa shape index (κ2) is 6.39. The van der Waals surface area contributed by atoms with Crippen molar-refractivity contribution in [3.05, 3.63) is 47.7 Å².